The van der Waals surface area contributed by atoms with Crippen LogP contribution < -0.4 is 10.7 Å². The van der Waals surface area contributed by atoms with Crippen LogP contribution in [0.3, 0.4) is 0 Å². The van der Waals surface area contributed by atoms with Gasteiger partial charge >= 0.3 is 0 Å². The Hall–Kier alpha value is -1.39. The van der Waals surface area contributed by atoms with E-state index < -0.39 is 0 Å². The maximum Gasteiger partial charge on any atom is 0.225 e. The Balaban J connectivity index is 2.93. The van der Waals surface area contributed by atoms with Crippen molar-refractivity contribution >= 4 is 5.91 Å². The second-order valence-corrected chi connectivity index (χ2v) is 6.01. The van der Waals surface area contributed by atoms with Crippen molar-refractivity contribution in [2.75, 3.05) is 0 Å². The van der Waals surface area contributed by atoms with Crippen molar-refractivity contribution in [3.05, 3.63) is 11.4 Å². The zero-order valence-corrected chi connectivity index (χ0v) is 14.7. The van der Waals surface area contributed by atoms with Crippen molar-refractivity contribution in [1.29, 1.82) is 0 Å². The highest BCUT2D eigenvalue weighted by Crippen LogP contribution is 2.36. The lowest BCUT2D eigenvalue weighted by molar-refractivity contribution is -0.120. The van der Waals surface area contributed by atoms with Crippen LogP contribution in [0.25, 0.3) is 0 Å². The highest BCUT2D eigenvalue weighted by atomic mass is 16.1. The molecule has 2 N–H and O–H groups in total. The average Bonchev–Trinajstić information content (AvgIpc) is 2.52. The van der Waals surface area contributed by atoms with Gasteiger partial charge in [0.25, 0.3) is 0 Å². The fourth-order valence-electron chi connectivity index (χ4n) is 2.97. The number of hydrogen-bond acceptors (Lipinski definition) is 4. The standard InChI is InChI=1S/C17H32N4O/c1-5-9-10-11-13-14-16(18-15(22)12-6-2)19-21-20-17(14,7-3)8-4/h5-13H2,1-4H3,(H,18,22)(H,19,20). The zero-order valence-electron chi connectivity index (χ0n) is 14.7. The van der Waals surface area contributed by atoms with Gasteiger partial charge < -0.3 is 5.32 Å². The lowest BCUT2D eigenvalue weighted by atomic mass is 9.81. The molecule has 0 spiro atoms. The van der Waals surface area contributed by atoms with E-state index in [9.17, 15) is 4.79 Å². The second kappa shape index (κ2) is 9.59. The first-order chi connectivity index (χ1) is 10.6. The Morgan fingerprint density at radius 2 is 1.82 bits per heavy atom. The molecule has 0 unspecified atom stereocenters. The van der Waals surface area contributed by atoms with Crippen LogP contribution in [0.4, 0.5) is 0 Å². The van der Waals surface area contributed by atoms with Gasteiger partial charge in [0.2, 0.25) is 5.91 Å². The minimum absolute atomic E-state index is 0.0502. The molecule has 1 aliphatic heterocycles. The summed E-state index contributed by atoms with van der Waals surface area (Å²) in [5.41, 5.74) is 3.89. The van der Waals surface area contributed by atoms with Crippen LogP contribution in [0, 0.1) is 0 Å². The van der Waals surface area contributed by atoms with Gasteiger partial charge in [-0.1, -0.05) is 52.2 Å². The molecule has 126 valence electrons. The SMILES string of the molecule is CCCCCCC1=C(NC(=O)CCC)NN=NC1(CC)CC. The number of carbonyl (C=O) groups is 1. The van der Waals surface area contributed by atoms with Gasteiger partial charge in [-0.05, 0) is 32.1 Å². The minimum Gasteiger partial charge on any atom is -0.311 e. The number of nitrogens with one attached hydrogen (secondary N) is 2. The van der Waals surface area contributed by atoms with E-state index in [0.29, 0.717) is 6.42 Å². The van der Waals surface area contributed by atoms with Crippen molar-refractivity contribution in [3.8, 4) is 0 Å². The smallest absolute Gasteiger partial charge is 0.225 e. The normalized spacial score (nSPS) is 16.5. The van der Waals surface area contributed by atoms with E-state index in [1.807, 2.05) is 6.92 Å². The van der Waals surface area contributed by atoms with Gasteiger partial charge in [-0.15, -0.1) is 0 Å². The summed E-state index contributed by atoms with van der Waals surface area (Å²) < 4.78 is 0. The molecule has 1 amide bonds. The highest BCUT2D eigenvalue weighted by Gasteiger charge is 2.35. The van der Waals surface area contributed by atoms with E-state index in [1.54, 1.807) is 0 Å². The van der Waals surface area contributed by atoms with Crippen LogP contribution in [0.2, 0.25) is 0 Å². The molecule has 0 fully saturated rings. The molecule has 5 heteroatoms. The number of unbranched alkanes of at least 4 members (excludes halogenated alkanes) is 3. The summed E-state index contributed by atoms with van der Waals surface area (Å²) in [7, 11) is 0. The van der Waals surface area contributed by atoms with Crippen molar-refractivity contribution in [2.24, 2.45) is 10.3 Å². The fourth-order valence-corrected chi connectivity index (χ4v) is 2.97. The van der Waals surface area contributed by atoms with Crippen LogP contribution in [-0.4, -0.2) is 11.4 Å². The van der Waals surface area contributed by atoms with Gasteiger partial charge in [-0.3, -0.25) is 4.79 Å². The molecule has 0 saturated carbocycles. The maximum atomic E-state index is 12.0. The highest BCUT2D eigenvalue weighted by molar-refractivity contribution is 5.77. The van der Waals surface area contributed by atoms with Crippen molar-refractivity contribution in [2.45, 2.75) is 91.0 Å². The fraction of sp³-hybridized carbons (Fsp3) is 0.824. The lowest BCUT2D eigenvalue weighted by Gasteiger charge is -2.34. The zero-order chi connectivity index (χ0) is 16.4. The average molecular weight is 308 g/mol. The van der Waals surface area contributed by atoms with Crippen LogP contribution in [-0.2, 0) is 4.79 Å². The Labute approximate surface area is 135 Å². The predicted molar refractivity (Wildman–Crippen MR) is 90.1 cm³/mol. The third kappa shape index (κ3) is 4.82. The number of hydrogen-bond donors (Lipinski definition) is 2. The van der Waals surface area contributed by atoms with E-state index in [2.05, 4.69) is 41.9 Å². The Kier molecular flexibility index (Phi) is 8.13. The summed E-state index contributed by atoms with van der Waals surface area (Å²) in [6, 6.07) is 0. The molecule has 0 aromatic carbocycles. The number of carbonyl (C=O) groups excluding carboxylic acids is 1. The molecule has 0 aromatic rings. The van der Waals surface area contributed by atoms with Crippen LogP contribution in [0.5, 0.6) is 0 Å². The van der Waals surface area contributed by atoms with Gasteiger partial charge in [0, 0.05) is 12.0 Å². The van der Waals surface area contributed by atoms with Gasteiger partial charge in [-0.25, -0.2) is 5.43 Å². The first kappa shape index (κ1) is 18.7. The number of nitrogens with zero attached hydrogens (tertiary/aromatic N) is 2. The molecule has 1 heterocycles. The summed E-state index contributed by atoms with van der Waals surface area (Å²) in [5, 5.41) is 11.6. The van der Waals surface area contributed by atoms with E-state index in [1.165, 1.54) is 24.8 Å². The molecule has 1 aliphatic rings. The lowest BCUT2D eigenvalue weighted by Crippen LogP contribution is -2.40. The van der Waals surface area contributed by atoms with E-state index in [-0.39, 0.29) is 11.4 Å². The van der Waals surface area contributed by atoms with E-state index in [0.717, 1.165) is 37.9 Å². The first-order valence-electron chi connectivity index (χ1n) is 8.84. The van der Waals surface area contributed by atoms with Crippen molar-refractivity contribution < 1.29 is 4.79 Å². The molecule has 0 atom stereocenters. The van der Waals surface area contributed by atoms with E-state index in [4.69, 9.17) is 0 Å². The summed E-state index contributed by atoms with van der Waals surface area (Å²) in [4.78, 5) is 12.0. The second-order valence-electron chi connectivity index (χ2n) is 6.01. The summed E-state index contributed by atoms with van der Waals surface area (Å²) in [5.74, 6) is 0.822. The van der Waals surface area contributed by atoms with Gasteiger partial charge in [0.1, 0.15) is 11.4 Å². The van der Waals surface area contributed by atoms with Gasteiger partial charge in [0.15, 0.2) is 0 Å². The van der Waals surface area contributed by atoms with Crippen LogP contribution >= 0.6 is 0 Å². The first-order valence-corrected chi connectivity index (χ1v) is 8.84. The molecule has 0 aliphatic carbocycles. The van der Waals surface area contributed by atoms with Gasteiger partial charge in [-0.2, -0.15) is 5.11 Å². The Morgan fingerprint density at radius 1 is 1.09 bits per heavy atom. The summed E-state index contributed by atoms with van der Waals surface area (Å²) >= 11 is 0. The Bertz CT molecular complexity index is 411. The molecule has 0 saturated heterocycles. The molecule has 0 aromatic heterocycles. The van der Waals surface area contributed by atoms with Crippen LogP contribution in [0.15, 0.2) is 21.7 Å². The third-order valence-corrected chi connectivity index (χ3v) is 4.46. The molecular weight excluding hydrogens is 276 g/mol. The third-order valence-electron chi connectivity index (χ3n) is 4.46. The van der Waals surface area contributed by atoms with E-state index >= 15 is 0 Å². The van der Waals surface area contributed by atoms with Crippen molar-refractivity contribution in [1.82, 2.24) is 10.7 Å². The molecule has 1 rings (SSSR count). The molecular formula is C17H32N4O. The molecule has 0 bridgehead atoms. The molecule has 22 heavy (non-hydrogen) atoms. The quantitative estimate of drug-likeness (QED) is 0.579. The molecule has 5 nitrogen and oxygen atoms in total. The maximum absolute atomic E-state index is 12.0. The topological polar surface area (TPSA) is 65.8 Å². The largest absolute Gasteiger partial charge is 0.311 e. The minimum atomic E-state index is -0.258. The summed E-state index contributed by atoms with van der Waals surface area (Å²) in [6.45, 7) is 8.52. The van der Waals surface area contributed by atoms with Crippen molar-refractivity contribution in [3.63, 3.8) is 0 Å². The molecule has 0 radical (unpaired) electrons. The van der Waals surface area contributed by atoms with Crippen LogP contribution in [0.1, 0.15) is 85.5 Å². The number of amides is 1. The number of rotatable bonds is 10. The predicted octanol–water partition coefficient (Wildman–Crippen LogP) is 4.61. The monoisotopic (exact) mass is 308 g/mol. The Morgan fingerprint density at radius 3 is 2.41 bits per heavy atom. The van der Waals surface area contributed by atoms with Gasteiger partial charge in [0.05, 0.1) is 0 Å². The summed E-state index contributed by atoms with van der Waals surface area (Å²) in [6.07, 6.45) is 9.00.